The van der Waals surface area contributed by atoms with Crippen molar-refractivity contribution in [3.05, 3.63) is 59.8 Å². The Bertz CT molecular complexity index is 824. The predicted molar refractivity (Wildman–Crippen MR) is 90.4 cm³/mol. The summed E-state index contributed by atoms with van der Waals surface area (Å²) in [5.74, 6) is -0.0447. The van der Waals surface area contributed by atoms with E-state index in [9.17, 15) is 4.79 Å². The molecule has 0 aliphatic rings. The van der Waals surface area contributed by atoms with Crippen LogP contribution in [0.5, 0.6) is 0 Å². The molecule has 1 aromatic carbocycles. The second-order valence-corrected chi connectivity index (χ2v) is 5.74. The number of aryl methyl sites for hydroxylation is 3. The summed E-state index contributed by atoms with van der Waals surface area (Å²) in [6, 6.07) is 7.85. The molecule has 0 spiro atoms. The zero-order valence-corrected chi connectivity index (χ0v) is 13.4. The number of fused-ring (bicyclic) bond motifs is 1. The third-order valence-electron chi connectivity index (χ3n) is 3.77. The lowest BCUT2D eigenvalue weighted by Gasteiger charge is -2.10. The molecule has 2 heterocycles. The highest BCUT2D eigenvalue weighted by Crippen LogP contribution is 2.20. The van der Waals surface area contributed by atoms with E-state index in [2.05, 4.69) is 15.3 Å². The third-order valence-corrected chi connectivity index (χ3v) is 3.77. The van der Waals surface area contributed by atoms with E-state index in [0.717, 1.165) is 35.1 Å². The number of nitrogens with one attached hydrogen (secondary N) is 1. The lowest BCUT2D eigenvalue weighted by atomic mass is 10.0. The maximum Gasteiger partial charge on any atom is 0.252 e. The van der Waals surface area contributed by atoms with Crippen LogP contribution in [0.15, 0.2) is 43.0 Å². The molecule has 1 N–H and O–H groups in total. The summed E-state index contributed by atoms with van der Waals surface area (Å²) in [6.45, 7) is 5.41. The molecule has 0 atom stereocenters. The molecule has 23 heavy (non-hydrogen) atoms. The maximum absolute atomic E-state index is 12.5. The summed E-state index contributed by atoms with van der Waals surface area (Å²) >= 11 is 0. The quantitative estimate of drug-likeness (QED) is 0.737. The number of carbonyl (C=O) groups is 1. The van der Waals surface area contributed by atoms with E-state index in [4.69, 9.17) is 0 Å². The average Bonchev–Trinajstić information content (AvgIpc) is 3.04. The second-order valence-electron chi connectivity index (χ2n) is 5.74. The smallest absolute Gasteiger partial charge is 0.252 e. The van der Waals surface area contributed by atoms with Crippen LogP contribution in [0, 0.1) is 13.8 Å². The van der Waals surface area contributed by atoms with Gasteiger partial charge in [-0.3, -0.25) is 9.78 Å². The Morgan fingerprint density at radius 3 is 2.91 bits per heavy atom. The molecule has 0 saturated heterocycles. The van der Waals surface area contributed by atoms with Crippen LogP contribution in [0.4, 0.5) is 0 Å². The van der Waals surface area contributed by atoms with Gasteiger partial charge in [-0.1, -0.05) is 11.6 Å². The Morgan fingerprint density at radius 2 is 2.13 bits per heavy atom. The minimum absolute atomic E-state index is 0.0447. The molecular formula is C18H20N4O. The molecule has 0 aliphatic heterocycles. The standard InChI is InChI=1S/C18H20N4O/c1-13-4-5-17-15(10-13)16(11-14(2)21-17)18(23)20-6-3-8-22-9-7-19-12-22/h4-5,7,9-12H,3,6,8H2,1-2H3,(H,20,23). The maximum atomic E-state index is 12.5. The highest BCUT2D eigenvalue weighted by molar-refractivity contribution is 6.06. The van der Waals surface area contributed by atoms with E-state index in [1.807, 2.05) is 48.9 Å². The largest absolute Gasteiger partial charge is 0.352 e. The van der Waals surface area contributed by atoms with Crippen molar-refractivity contribution >= 4 is 16.8 Å². The van der Waals surface area contributed by atoms with Gasteiger partial charge in [0.05, 0.1) is 17.4 Å². The molecule has 0 saturated carbocycles. The SMILES string of the molecule is Cc1ccc2nc(C)cc(C(=O)NCCCn3ccnc3)c2c1. The van der Waals surface area contributed by atoms with Crippen LogP contribution in [0.1, 0.15) is 28.0 Å². The van der Waals surface area contributed by atoms with E-state index in [1.165, 1.54) is 0 Å². The Kier molecular flexibility index (Phi) is 4.37. The van der Waals surface area contributed by atoms with E-state index in [-0.39, 0.29) is 5.91 Å². The molecule has 3 rings (SSSR count). The predicted octanol–water partition coefficient (Wildman–Crippen LogP) is 2.87. The van der Waals surface area contributed by atoms with Crippen LogP contribution >= 0.6 is 0 Å². The average molecular weight is 308 g/mol. The number of amides is 1. The van der Waals surface area contributed by atoms with Crippen molar-refractivity contribution in [3.8, 4) is 0 Å². The summed E-state index contributed by atoms with van der Waals surface area (Å²) in [4.78, 5) is 21.0. The number of hydrogen-bond donors (Lipinski definition) is 1. The first-order valence-corrected chi connectivity index (χ1v) is 7.75. The van der Waals surface area contributed by atoms with Crippen LogP contribution in [0.25, 0.3) is 10.9 Å². The zero-order chi connectivity index (χ0) is 16.2. The molecule has 5 heteroatoms. The molecule has 118 valence electrons. The minimum Gasteiger partial charge on any atom is -0.352 e. The second kappa shape index (κ2) is 6.60. The molecule has 0 radical (unpaired) electrons. The van der Waals surface area contributed by atoms with Gasteiger partial charge in [0, 0.05) is 36.6 Å². The van der Waals surface area contributed by atoms with Gasteiger partial charge < -0.3 is 9.88 Å². The molecule has 0 fully saturated rings. The number of hydrogen-bond acceptors (Lipinski definition) is 3. The minimum atomic E-state index is -0.0447. The van der Waals surface area contributed by atoms with Gasteiger partial charge in [0.25, 0.3) is 5.91 Å². The highest BCUT2D eigenvalue weighted by Gasteiger charge is 2.11. The first-order valence-electron chi connectivity index (χ1n) is 7.75. The van der Waals surface area contributed by atoms with Gasteiger partial charge in [-0.05, 0) is 38.5 Å². The molecule has 0 bridgehead atoms. The van der Waals surface area contributed by atoms with Crippen LogP contribution in [0.2, 0.25) is 0 Å². The summed E-state index contributed by atoms with van der Waals surface area (Å²) in [6.07, 6.45) is 6.32. The number of carbonyl (C=O) groups excluding carboxylic acids is 1. The van der Waals surface area contributed by atoms with Gasteiger partial charge in [0.1, 0.15) is 0 Å². The molecular weight excluding hydrogens is 288 g/mol. The number of rotatable bonds is 5. The Morgan fingerprint density at radius 1 is 1.26 bits per heavy atom. The van der Waals surface area contributed by atoms with Gasteiger partial charge in [-0.2, -0.15) is 0 Å². The highest BCUT2D eigenvalue weighted by atomic mass is 16.1. The fraction of sp³-hybridized carbons (Fsp3) is 0.278. The first-order chi connectivity index (χ1) is 11.1. The first kappa shape index (κ1) is 15.2. The number of aromatic nitrogens is 3. The lowest BCUT2D eigenvalue weighted by Crippen LogP contribution is -2.25. The Labute approximate surface area is 135 Å². The van der Waals surface area contributed by atoms with Gasteiger partial charge >= 0.3 is 0 Å². The molecule has 3 aromatic rings. The van der Waals surface area contributed by atoms with Crippen LogP contribution in [-0.2, 0) is 6.54 Å². The Hall–Kier alpha value is -2.69. The molecule has 5 nitrogen and oxygen atoms in total. The molecule has 2 aromatic heterocycles. The fourth-order valence-corrected chi connectivity index (χ4v) is 2.64. The van der Waals surface area contributed by atoms with Gasteiger partial charge in [0.15, 0.2) is 0 Å². The van der Waals surface area contributed by atoms with Crippen molar-refractivity contribution in [2.24, 2.45) is 0 Å². The van der Waals surface area contributed by atoms with Gasteiger partial charge in [-0.25, -0.2) is 4.98 Å². The summed E-state index contributed by atoms with van der Waals surface area (Å²) in [7, 11) is 0. The van der Waals surface area contributed by atoms with Gasteiger partial charge in [0.2, 0.25) is 0 Å². The van der Waals surface area contributed by atoms with Crippen molar-refractivity contribution < 1.29 is 4.79 Å². The van der Waals surface area contributed by atoms with E-state index >= 15 is 0 Å². The summed E-state index contributed by atoms with van der Waals surface area (Å²) < 4.78 is 2.00. The van der Waals surface area contributed by atoms with E-state index in [0.29, 0.717) is 12.1 Å². The molecule has 0 unspecified atom stereocenters. The fourth-order valence-electron chi connectivity index (χ4n) is 2.64. The third kappa shape index (κ3) is 3.56. The zero-order valence-electron chi connectivity index (χ0n) is 13.4. The van der Waals surface area contributed by atoms with Crippen LogP contribution in [-0.4, -0.2) is 27.0 Å². The van der Waals surface area contributed by atoms with Crippen molar-refractivity contribution in [1.29, 1.82) is 0 Å². The van der Waals surface area contributed by atoms with Crippen molar-refractivity contribution in [1.82, 2.24) is 19.9 Å². The van der Waals surface area contributed by atoms with E-state index in [1.54, 1.807) is 12.5 Å². The van der Waals surface area contributed by atoms with Gasteiger partial charge in [-0.15, -0.1) is 0 Å². The summed E-state index contributed by atoms with van der Waals surface area (Å²) in [5, 5.41) is 3.91. The number of imidazole rings is 1. The molecule has 1 amide bonds. The van der Waals surface area contributed by atoms with Crippen molar-refractivity contribution in [2.45, 2.75) is 26.8 Å². The van der Waals surface area contributed by atoms with E-state index < -0.39 is 0 Å². The normalized spacial score (nSPS) is 10.9. The Balaban J connectivity index is 1.71. The topological polar surface area (TPSA) is 59.8 Å². The number of nitrogens with zero attached hydrogens (tertiary/aromatic N) is 3. The van der Waals surface area contributed by atoms with Crippen molar-refractivity contribution in [3.63, 3.8) is 0 Å². The number of benzene rings is 1. The molecule has 0 aliphatic carbocycles. The van der Waals surface area contributed by atoms with Crippen LogP contribution < -0.4 is 5.32 Å². The number of pyridine rings is 1. The van der Waals surface area contributed by atoms with Crippen molar-refractivity contribution in [2.75, 3.05) is 6.54 Å². The lowest BCUT2D eigenvalue weighted by molar-refractivity contribution is 0.0954. The van der Waals surface area contributed by atoms with Crippen LogP contribution in [0.3, 0.4) is 0 Å². The summed E-state index contributed by atoms with van der Waals surface area (Å²) in [5.41, 5.74) is 3.53. The monoisotopic (exact) mass is 308 g/mol.